The van der Waals surface area contributed by atoms with E-state index in [4.69, 9.17) is 0 Å². The van der Waals surface area contributed by atoms with Gasteiger partial charge in [-0.3, -0.25) is 9.69 Å². The Morgan fingerprint density at radius 3 is 2.39 bits per heavy atom. The SMILES string of the molecule is CCn1cc([C@H](CC(=O)NC2CCN(Cc3ccccc3)CC2)c2ccc(F)cc2)c2ccccc21. The van der Waals surface area contributed by atoms with Crippen LogP contribution in [-0.4, -0.2) is 34.5 Å². The summed E-state index contributed by atoms with van der Waals surface area (Å²) in [6.07, 6.45) is 4.41. The average Bonchev–Trinajstić information content (AvgIpc) is 3.28. The van der Waals surface area contributed by atoms with E-state index in [1.807, 2.05) is 30.3 Å². The van der Waals surface area contributed by atoms with Gasteiger partial charge in [0.2, 0.25) is 5.91 Å². The number of likely N-dealkylation sites (tertiary alicyclic amines) is 1. The number of hydrogen-bond donors (Lipinski definition) is 1. The fraction of sp³-hybridized carbons (Fsp3) is 0.323. The van der Waals surface area contributed by atoms with Crippen molar-refractivity contribution in [3.8, 4) is 0 Å². The summed E-state index contributed by atoms with van der Waals surface area (Å²) in [7, 11) is 0. The molecule has 186 valence electrons. The lowest BCUT2D eigenvalue weighted by molar-refractivity contribution is -0.122. The molecule has 3 aromatic carbocycles. The molecule has 1 fully saturated rings. The van der Waals surface area contributed by atoms with Crippen LogP contribution in [0, 0.1) is 5.82 Å². The Morgan fingerprint density at radius 1 is 0.972 bits per heavy atom. The number of piperidine rings is 1. The number of fused-ring (bicyclic) bond motifs is 1. The van der Waals surface area contributed by atoms with E-state index in [0.717, 1.165) is 61.1 Å². The lowest BCUT2D eigenvalue weighted by atomic mass is 9.87. The Hall–Kier alpha value is -3.44. The van der Waals surface area contributed by atoms with Gasteiger partial charge >= 0.3 is 0 Å². The predicted molar refractivity (Wildman–Crippen MR) is 143 cm³/mol. The van der Waals surface area contributed by atoms with Gasteiger partial charge in [-0.25, -0.2) is 4.39 Å². The largest absolute Gasteiger partial charge is 0.353 e. The van der Waals surface area contributed by atoms with Crippen LogP contribution in [0.1, 0.15) is 48.8 Å². The summed E-state index contributed by atoms with van der Waals surface area (Å²) in [4.78, 5) is 15.8. The number of rotatable bonds is 8. The van der Waals surface area contributed by atoms with Crippen molar-refractivity contribution in [3.63, 3.8) is 0 Å². The van der Waals surface area contributed by atoms with Crippen LogP contribution in [0.15, 0.2) is 85.1 Å². The molecule has 0 unspecified atom stereocenters. The first-order valence-corrected chi connectivity index (χ1v) is 13.0. The van der Waals surface area contributed by atoms with E-state index in [1.54, 1.807) is 0 Å². The van der Waals surface area contributed by atoms with Crippen molar-refractivity contribution in [2.24, 2.45) is 0 Å². The number of carbonyl (C=O) groups excluding carboxylic acids is 1. The number of aryl methyl sites for hydroxylation is 1. The van der Waals surface area contributed by atoms with Gasteiger partial charge in [-0.05, 0) is 54.7 Å². The summed E-state index contributed by atoms with van der Waals surface area (Å²) >= 11 is 0. The molecular formula is C31H34FN3O. The highest BCUT2D eigenvalue weighted by molar-refractivity contribution is 5.86. The Bertz CT molecular complexity index is 1290. The average molecular weight is 484 g/mol. The van der Waals surface area contributed by atoms with E-state index in [-0.39, 0.29) is 23.7 Å². The zero-order valence-corrected chi connectivity index (χ0v) is 20.9. The summed E-state index contributed by atoms with van der Waals surface area (Å²) < 4.78 is 15.9. The van der Waals surface area contributed by atoms with Gasteiger partial charge in [0.15, 0.2) is 0 Å². The van der Waals surface area contributed by atoms with Gasteiger partial charge in [0.25, 0.3) is 0 Å². The number of nitrogens with one attached hydrogen (secondary N) is 1. The van der Waals surface area contributed by atoms with Crippen molar-refractivity contribution in [1.82, 2.24) is 14.8 Å². The summed E-state index contributed by atoms with van der Waals surface area (Å²) in [6.45, 7) is 5.89. The number of aromatic nitrogens is 1. The number of amides is 1. The van der Waals surface area contributed by atoms with E-state index in [0.29, 0.717) is 6.42 Å². The normalized spacial score (nSPS) is 15.7. The number of carbonyl (C=O) groups is 1. The molecule has 1 N–H and O–H groups in total. The van der Waals surface area contributed by atoms with Crippen molar-refractivity contribution < 1.29 is 9.18 Å². The summed E-state index contributed by atoms with van der Waals surface area (Å²) in [5.74, 6) is -0.346. The molecule has 4 nitrogen and oxygen atoms in total. The fourth-order valence-corrected chi connectivity index (χ4v) is 5.47. The monoisotopic (exact) mass is 483 g/mol. The van der Waals surface area contributed by atoms with Gasteiger partial charge in [-0.15, -0.1) is 0 Å². The molecule has 1 amide bonds. The smallest absolute Gasteiger partial charge is 0.221 e. The first-order chi connectivity index (χ1) is 17.6. The van der Waals surface area contributed by atoms with Gasteiger partial charge in [0.05, 0.1) is 0 Å². The Morgan fingerprint density at radius 2 is 1.67 bits per heavy atom. The molecule has 1 aliphatic heterocycles. The number of hydrogen-bond acceptors (Lipinski definition) is 2. The first-order valence-electron chi connectivity index (χ1n) is 13.0. The number of para-hydroxylation sites is 1. The third-order valence-electron chi connectivity index (χ3n) is 7.40. The zero-order chi connectivity index (χ0) is 24.9. The van der Waals surface area contributed by atoms with Gasteiger partial charge in [-0.2, -0.15) is 0 Å². The fourth-order valence-electron chi connectivity index (χ4n) is 5.47. The summed E-state index contributed by atoms with van der Waals surface area (Å²) in [5, 5.41) is 4.46. The van der Waals surface area contributed by atoms with Crippen LogP contribution < -0.4 is 5.32 Å². The lowest BCUT2D eigenvalue weighted by Gasteiger charge is -2.32. The van der Waals surface area contributed by atoms with Gasteiger partial charge in [0.1, 0.15) is 5.82 Å². The molecular weight excluding hydrogens is 449 g/mol. The molecule has 1 aromatic heterocycles. The van der Waals surface area contributed by atoms with E-state index in [1.165, 1.54) is 17.7 Å². The molecule has 0 aliphatic carbocycles. The van der Waals surface area contributed by atoms with Crippen LogP contribution in [0.5, 0.6) is 0 Å². The standard InChI is InChI=1S/C31H34FN3O/c1-2-35-22-29(27-10-6-7-11-30(27)35)28(24-12-14-25(32)15-13-24)20-31(36)33-26-16-18-34(19-17-26)21-23-8-4-3-5-9-23/h3-15,22,26,28H,2,16-21H2,1H3,(H,33,36)/t28-/m1/s1. The van der Waals surface area contributed by atoms with E-state index >= 15 is 0 Å². The number of nitrogens with zero attached hydrogens (tertiary/aromatic N) is 2. The highest BCUT2D eigenvalue weighted by Crippen LogP contribution is 2.35. The number of benzene rings is 3. The Labute approximate surface area is 212 Å². The third kappa shape index (κ3) is 5.52. The van der Waals surface area contributed by atoms with E-state index in [2.05, 4.69) is 64.3 Å². The Kier molecular flexibility index (Phi) is 7.47. The van der Waals surface area contributed by atoms with Crippen molar-refractivity contribution >= 4 is 16.8 Å². The maximum atomic E-state index is 13.7. The topological polar surface area (TPSA) is 37.3 Å². The highest BCUT2D eigenvalue weighted by Gasteiger charge is 2.25. The molecule has 0 bridgehead atoms. The van der Waals surface area contributed by atoms with Crippen LogP contribution in [0.2, 0.25) is 0 Å². The van der Waals surface area contributed by atoms with Crippen LogP contribution >= 0.6 is 0 Å². The van der Waals surface area contributed by atoms with Gasteiger partial charge in [0, 0.05) is 61.7 Å². The van der Waals surface area contributed by atoms with Crippen molar-refractivity contribution in [2.45, 2.75) is 51.2 Å². The third-order valence-corrected chi connectivity index (χ3v) is 7.40. The maximum absolute atomic E-state index is 13.7. The molecule has 2 heterocycles. The highest BCUT2D eigenvalue weighted by atomic mass is 19.1. The molecule has 4 aromatic rings. The van der Waals surface area contributed by atoms with E-state index < -0.39 is 0 Å². The van der Waals surface area contributed by atoms with E-state index in [9.17, 15) is 9.18 Å². The van der Waals surface area contributed by atoms with Crippen molar-refractivity contribution in [3.05, 3.63) is 108 Å². The molecule has 0 radical (unpaired) electrons. The predicted octanol–water partition coefficient (Wildman–Crippen LogP) is 6.10. The second-order valence-corrected chi connectivity index (χ2v) is 9.80. The maximum Gasteiger partial charge on any atom is 0.221 e. The molecule has 0 spiro atoms. The van der Waals surface area contributed by atoms with Crippen LogP contribution in [0.4, 0.5) is 4.39 Å². The second-order valence-electron chi connectivity index (χ2n) is 9.80. The molecule has 5 heteroatoms. The molecule has 0 saturated carbocycles. The minimum atomic E-state index is -0.264. The summed E-state index contributed by atoms with van der Waals surface area (Å²) in [5.41, 5.74) is 4.57. The second kappa shape index (κ2) is 11.1. The van der Waals surface area contributed by atoms with Crippen molar-refractivity contribution in [1.29, 1.82) is 0 Å². The minimum absolute atomic E-state index is 0.0548. The molecule has 1 aliphatic rings. The van der Waals surface area contributed by atoms with Crippen LogP contribution in [-0.2, 0) is 17.9 Å². The molecule has 36 heavy (non-hydrogen) atoms. The zero-order valence-electron chi connectivity index (χ0n) is 20.9. The lowest BCUT2D eigenvalue weighted by Crippen LogP contribution is -2.44. The summed E-state index contributed by atoms with van der Waals surface area (Å²) in [6, 6.07) is 25.7. The quantitative estimate of drug-likeness (QED) is 0.329. The van der Waals surface area contributed by atoms with Crippen LogP contribution in [0.3, 0.4) is 0 Å². The van der Waals surface area contributed by atoms with Crippen molar-refractivity contribution in [2.75, 3.05) is 13.1 Å². The Balaban J connectivity index is 1.29. The van der Waals surface area contributed by atoms with Crippen LogP contribution in [0.25, 0.3) is 10.9 Å². The van der Waals surface area contributed by atoms with Gasteiger partial charge < -0.3 is 9.88 Å². The molecule has 5 rings (SSSR count). The van der Waals surface area contributed by atoms with Gasteiger partial charge in [-0.1, -0.05) is 60.7 Å². The molecule has 1 atom stereocenters. The minimum Gasteiger partial charge on any atom is -0.353 e. The number of halogens is 1. The molecule has 1 saturated heterocycles. The first kappa shape index (κ1) is 24.3.